The number of rotatable bonds is 4. The molecule has 21 heavy (non-hydrogen) atoms. The molecular weight excluding hydrogens is 313 g/mol. The van der Waals surface area contributed by atoms with Crippen LogP contribution in [0.5, 0.6) is 0 Å². The summed E-state index contributed by atoms with van der Waals surface area (Å²) in [6, 6.07) is 10.9. The first kappa shape index (κ1) is 15.4. The molecule has 0 fully saturated rings. The maximum Gasteiger partial charge on any atom is 0.335 e. The van der Waals surface area contributed by atoms with Gasteiger partial charge in [0.05, 0.1) is 15.6 Å². The van der Waals surface area contributed by atoms with Crippen molar-refractivity contribution in [2.24, 2.45) is 0 Å². The lowest BCUT2D eigenvalue weighted by Crippen LogP contribution is -2.23. The number of carbonyl (C=O) groups is 2. The van der Waals surface area contributed by atoms with E-state index in [0.717, 1.165) is 5.56 Å². The summed E-state index contributed by atoms with van der Waals surface area (Å²) < 4.78 is 0. The molecule has 2 N–H and O–H groups in total. The van der Waals surface area contributed by atoms with Crippen molar-refractivity contribution in [2.45, 2.75) is 6.54 Å². The lowest BCUT2D eigenvalue weighted by molar-refractivity contribution is 0.0697. The first-order valence-corrected chi connectivity index (χ1v) is 6.78. The third kappa shape index (κ3) is 3.97. The molecular formula is C15H11Cl2NO3. The number of carbonyl (C=O) groups excluding carboxylic acids is 1. The third-order valence-electron chi connectivity index (χ3n) is 2.81. The minimum absolute atomic E-state index is 0.0668. The van der Waals surface area contributed by atoms with Crippen LogP contribution in [0, 0.1) is 0 Å². The van der Waals surface area contributed by atoms with Crippen molar-refractivity contribution < 1.29 is 14.7 Å². The molecule has 0 heterocycles. The fourth-order valence-electron chi connectivity index (χ4n) is 1.73. The normalized spacial score (nSPS) is 10.2. The summed E-state index contributed by atoms with van der Waals surface area (Å²) in [6.07, 6.45) is 0. The number of carboxylic acids is 1. The molecule has 0 aromatic heterocycles. The topological polar surface area (TPSA) is 66.4 Å². The summed E-state index contributed by atoms with van der Waals surface area (Å²) in [4.78, 5) is 22.8. The average Bonchev–Trinajstić information content (AvgIpc) is 2.48. The Bertz CT molecular complexity index is 701. The quantitative estimate of drug-likeness (QED) is 0.903. The second kappa shape index (κ2) is 6.61. The Labute approximate surface area is 131 Å². The van der Waals surface area contributed by atoms with Gasteiger partial charge in [0.15, 0.2) is 0 Å². The van der Waals surface area contributed by atoms with E-state index in [4.69, 9.17) is 28.3 Å². The van der Waals surface area contributed by atoms with Gasteiger partial charge in [-0.25, -0.2) is 4.79 Å². The minimum Gasteiger partial charge on any atom is -0.478 e. The number of hydrogen-bond donors (Lipinski definition) is 2. The van der Waals surface area contributed by atoms with Crippen LogP contribution in [0.3, 0.4) is 0 Å². The lowest BCUT2D eigenvalue weighted by atomic mass is 10.1. The van der Waals surface area contributed by atoms with Crippen molar-refractivity contribution in [2.75, 3.05) is 0 Å². The zero-order chi connectivity index (χ0) is 15.4. The molecule has 1 amide bonds. The highest BCUT2D eigenvalue weighted by Crippen LogP contribution is 2.22. The third-order valence-corrected chi connectivity index (χ3v) is 3.55. The highest BCUT2D eigenvalue weighted by Gasteiger charge is 2.09. The smallest absolute Gasteiger partial charge is 0.335 e. The highest BCUT2D eigenvalue weighted by molar-refractivity contribution is 6.42. The molecule has 0 saturated heterocycles. The van der Waals surface area contributed by atoms with Gasteiger partial charge in [0, 0.05) is 12.1 Å². The Morgan fingerprint density at radius 2 is 1.71 bits per heavy atom. The monoisotopic (exact) mass is 323 g/mol. The summed E-state index contributed by atoms with van der Waals surface area (Å²) in [5, 5.41) is 12.4. The first-order valence-electron chi connectivity index (χ1n) is 6.03. The number of aromatic carboxylic acids is 1. The van der Waals surface area contributed by atoms with Crippen LogP contribution in [0.25, 0.3) is 0 Å². The Balaban J connectivity index is 2.06. The summed E-state index contributed by atoms with van der Waals surface area (Å²) in [7, 11) is 0. The second-order valence-corrected chi connectivity index (χ2v) is 5.13. The van der Waals surface area contributed by atoms with Crippen molar-refractivity contribution in [3.63, 3.8) is 0 Å². The van der Waals surface area contributed by atoms with Crippen LogP contribution in [0.15, 0.2) is 42.5 Å². The van der Waals surface area contributed by atoms with Crippen LogP contribution in [0.1, 0.15) is 26.3 Å². The van der Waals surface area contributed by atoms with Gasteiger partial charge in [-0.3, -0.25) is 4.79 Å². The Morgan fingerprint density at radius 3 is 2.38 bits per heavy atom. The van der Waals surface area contributed by atoms with Crippen molar-refractivity contribution >= 4 is 35.1 Å². The molecule has 0 spiro atoms. The molecule has 0 aliphatic heterocycles. The van der Waals surface area contributed by atoms with Gasteiger partial charge in [-0.15, -0.1) is 0 Å². The SMILES string of the molecule is O=C(O)c1cccc(C(=O)NCc2ccc(Cl)c(Cl)c2)c1. The number of nitrogens with one attached hydrogen (secondary N) is 1. The van der Waals surface area contributed by atoms with E-state index in [1.807, 2.05) is 0 Å². The number of amides is 1. The van der Waals surface area contributed by atoms with Gasteiger partial charge >= 0.3 is 5.97 Å². The Morgan fingerprint density at radius 1 is 1.00 bits per heavy atom. The number of carboxylic acid groups (broad SMARTS) is 1. The molecule has 0 radical (unpaired) electrons. The van der Waals surface area contributed by atoms with Gasteiger partial charge < -0.3 is 10.4 Å². The molecule has 108 valence electrons. The predicted molar refractivity (Wildman–Crippen MR) is 81.0 cm³/mol. The van der Waals surface area contributed by atoms with Crippen LogP contribution in [0.2, 0.25) is 10.0 Å². The maximum absolute atomic E-state index is 12.0. The van der Waals surface area contributed by atoms with Crippen LogP contribution in [-0.2, 0) is 6.54 Å². The van der Waals surface area contributed by atoms with Crippen molar-refractivity contribution in [3.8, 4) is 0 Å². The van der Waals surface area contributed by atoms with E-state index in [1.165, 1.54) is 18.2 Å². The lowest BCUT2D eigenvalue weighted by Gasteiger charge is -2.07. The van der Waals surface area contributed by atoms with Gasteiger partial charge in [0.1, 0.15) is 0 Å². The first-order chi connectivity index (χ1) is 9.97. The van der Waals surface area contributed by atoms with E-state index in [-0.39, 0.29) is 23.6 Å². The van der Waals surface area contributed by atoms with E-state index in [0.29, 0.717) is 10.0 Å². The van der Waals surface area contributed by atoms with Gasteiger partial charge in [-0.2, -0.15) is 0 Å². The van der Waals surface area contributed by atoms with E-state index >= 15 is 0 Å². The van der Waals surface area contributed by atoms with Gasteiger partial charge in [0.25, 0.3) is 5.91 Å². The van der Waals surface area contributed by atoms with Gasteiger partial charge in [-0.1, -0.05) is 35.3 Å². The van der Waals surface area contributed by atoms with Crippen LogP contribution in [-0.4, -0.2) is 17.0 Å². The molecule has 6 heteroatoms. The zero-order valence-corrected chi connectivity index (χ0v) is 12.3. The van der Waals surface area contributed by atoms with Crippen LogP contribution in [0.4, 0.5) is 0 Å². The summed E-state index contributed by atoms with van der Waals surface area (Å²) in [5.74, 6) is -1.43. The molecule has 0 atom stereocenters. The van der Waals surface area contributed by atoms with Crippen LogP contribution >= 0.6 is 23.2 Å². The molecule has 0 aliphatic rings. The van der Waals surface area contributed by atoms with Gasteiger partial charge in [-0.05, 0) is 35.9 Å². The molecule has 0 saturated carbocycles. The van der Waals surface area contributed by atoms with Crippen molar-refractivity contribution in [1.82, 2.24) is 5.32 Å². The summed E-state index contributed by atoms with van der Waals surface area (Å²) in [5.41, 5.74) is 1.15. The van der Waals surface area contributed by atoms with Gasteiger partial charge in [0.2, 0.25) is 0 Å². The average molecular weight is 324 g/mol. The number of hydrogen-bond acceptors (Lipinski definition) is 2. The molecule has 0 aliphatic carbocycles. The molecule has 0 unspecified atom stereocenters. The van der Waals surface area contributed by atoms with E-state index in [2.05, 4.69) is 5.32 Å². The number of benzene rings is 2. The largest absolute Gasteiger partial charge is 0.478 e. The molecule has 2 aromatic rings. The highest BCUT2D eigenvalue weighted by atomic mass is 35.5. The molecule has 2 rings (SSSR count). The predicted octanol–water partition coefficient (Wildman–Crippen LogP) is 3.62. The standard InChI is InChI=1S/C15H11Cl2NO3/c16-12-5-4-9(6-13(12)17)8-18-14(19)10-2-1-3-11(7-10)15(20)21/h1-7H,8H2,(H,18,19)(H,20,21). The fraction of sp³-hybridized carbons (Fsp3) is 0.0667. The van der Waals surface area contributed by atoms with E-state index < -0.39 is 5.97 Å². The zero-order valence-electron chi connectivity index (χ0n) is 10.8. The molecule has 2 aromatic carbocycles. The Kier molecular flexibility index (Phi) is 4.83. The molecule has 0 bridgehead atoms. The van der Waals surface area contributed by atoms with Crippen molar-refractivity contribution in [3.05, 3.63) is 69.2 Å². The fourth-order valence-corrected chi connectivity index (χ4v) is 2.05. The summed E-state index contributed by atoms with van der Waals surface area (Å²) in [6.45, 7) is 0.271. The maximum atomic E-state index is 12.0. The van der Waals surface area contributed by atoms with Crippen LogP contribution < -0.4 is 5.32 Å². The minimum atomic E-state index is -1.07. The molecule has 4 nitrogen and oxygen atoms in total. The Hall–Kier alpha value is -2.04. The number of halogens is 2. The second-order valence-electron chi connectivity index (χ2n) is 4.32. The van der Waals surface area contributed by atoms with Crippen molar-refractivity contribution in [1.29, 1.82) is 0 Å². The van der Waals surface area contributed by atoms with E-state index in [9.17, 15) is 9.59 Å². The summed E-state index contributed by atoms with van der Waals surface area (Å²) >= 11 is 11.7. The van der Waals surface area contributed by atoms with E-state index in [1.54, 1.807) is 24.3 Å².